The molecule has 1 aliphatic rings. The van der Waals surface area contributed by atoms with Gasteiger partial charge in [-0.3, -0.25) is 9.59 Å². The number of benzene rings is 3. The van der Waals surface area contributed by atoms with Gasteiger partial charge >= 0.3 is 12.0 Å². The Hall–Kier alpha value is -4.08. The number of nitrogens with one attached hydrogen (secondary N) is 4. The van der Waals surface area contributed by atoms with Crippen molar-refractivity contribution in [2.75, 3.05) is 11.9 Å². The van der Waals surface area contributed by atoms with Gasteiger partial charge in [-0.1, -0.05) is 77.8 Å². The van der Waals surface area contributed by atoms with Gasteiger partial charge in [0.1, 0.15) is 6.04 Å². The highest BCUT2D eigenvalue weighted by atomic mass is 35.5. The molecule has 0 fully saturated rings. The molecule has 9 nitrogen and oxygen atoms in total. The van der Waals surface area contributed by atoms with Crippen LogP contribution in [0.2, 0.25) is 10.0 Å². The molecule has 208 valence electrons. The molecule has 0 saturated carbocycles. The molecule has 4 rings (SSSR count). The van der Waals surface area contributed by atoms with Crippen molar-refractivity contribution in [1.82, 2.24) is 16.0 Å². The number of carbonyl (C=O) groups excluding carboxylic acids is 3. The average molecular weight is 583 g/mol. The molecule has 0 aliphatic heterocycles. The van der Waals surface area contributed by atoms with Crippen molar-refractivity contribution in [3.63, 3.8) is 0 Å². The van der Waals surface area contributed by atoms with Gasteiger partial charge in [0.05, 0.1) is 33.9 Å². The number of halogens is 2. The molecule has 0 radical (unpaired) electrons. The zero-order chi connectivity index (χ0) is 28.6. The summed E-state index contributed by atoms with van der Waals surface area (Å²) in [5, 5.41) is 19.9. The standard InChI is InChI=1S/C29H28Cl2N4O5/c30-20-12-14-22(33-24(36)15-10-17-6-2-1-3-7-17)26(31)25(20)27(37)34-23(28(38)39)16-32-29(40)35-21-13-11-18-8-4-5-9-19(18)21/h1-9,12,14,21,23H,10-11,13,15-16H2,(H,33,36)(H,34,37)(H,38,39)(H2,32,35,40)/t21-,23?/m1/s1. The Labute approximate surface area is 241 Å². The number of anilines is 1. The Kier molecular flexibility index (Phi) is 9.63. The lowest BCUT2D eigenvalue weighted by Crippen LogP contribution is -2.50. The molecule has 0 saturated heterocycles. The number of fused-ring (bicyclic) bond motifs is 1. The molecule has 3 aromatic rings. The van der Waals surface area contributed by atoms with Crippen molar-refractivity contribution in [1.29, 1.82) is 0 Å². The highest BCUT2D eigenvalue weighted by molar-refractivity contribution is 6.41. The minimum atomic E-state index is -1.47. The van der Waals surface area contributed by atoms with Crippen LogP contribution in [-0.4, -0.2) is 41.5 Å². The molecule has 2 atom stereocenters. The van der Waals surface area contributed by atoms with Crippen molar-refractivity contribution in [2.45, 2.75) is 37.8 Å². The molecule has 1 unspecified atom stereocenters. The van der Waals surface area contributed by atoms with Gasteiger partial charge in [-0.2, -0.15) is 0 Å². The van der Waals surface area contributed by atoms with Crippen molar-refractivity contribution >= 4 is 52.7 Å². The first-order chi connectivity index (χ1) is 19.2. The first-order valence-electron chi connectivity index (χ1n) is 12.7. The van der Waals surface area contributed by atoms with Gasteiger partial charge in [0, 0.05) is 6.42 Å². The van der Waals surface area contributed by atoms with Crippen molar-refractivity contribution in [3.05, 3.63) is 99.0 Å². The maximum absolute atomic E-state index is 13.0. The van der Waals surface area contributed by atoms with E-state index in [1.807, 2.05) is 54.6 Å². The van der Waals surface area contributed by atoms with Crippen LogP contribution in [0.25, 0.3) is 0 Å². The topological polar surface area (TPSA) is 137 Å². The monoisotopic (exact) mass is 582 g/mol. The van der Waals surface area contributed by atoms with Crippen LogP contribution in [0.1, 0.15) is 45.9 Å². The zero-order valence-corrected chi connectivity index (χ0v) is 22.9. The fourth-order valence-corrected chi connectivity index (χ4v) is 5.10. The van der Waals surface area contributed by atoms with Gasteiger partial charge in [0.2, 0.25) is 5.91 Å². The largest absolute Gasteiger partial charge is 0.480 e. The number of carboxylic acids is 1. The van der Waals surface area contributed by atoms with E-state index in [1.165, 1.54) is 12.1 Å². The summed E-state index contributed by atoms with van der Waals surface area (Å²) in [4.78, 5) is 49.8. The van der Waals surface area contributed by atoms with Gasteiger partial charge in [0.25, 0.3) is 5.91 Å². The summed E-state index contributed by atoms with van der Waals surface area (Å²) in [6.07, 6.45) is 2.27. The van der Waals surface area contributed by atoms with E-state index in [0.29, 0.717) is 6.42 Å². The number of urea groups is 1. The highest BCUT2D eigenvalue weighted by Gasteiger charge is 2.27. The number of amides is 4. The summed E-state index contributed by atoms with van der Waals surface area (Å²) in [7, 11) is 0. The zero-order valence-electron chi connectivity index (χ0n) is 21.4. The smallest absolute Gasteiger partial charge is 0.328 e. The minimum absolute atomic E-state index is 0.0282. The third-order valence-electron chi connectivity index (χ3n) is 6.58. The van der Waals surface area contributed by atoms with Crippen LogP contribution in [0.3, 0.4) is 0 Å². The normalized spacial score (nSPS) is 14.5. The first kappa shape index (κ1) is 28.9. The predicted octanol–water partition coefficient (Wildman–Crippen LogP) is 4.73. The number of carbonyl (C=O) groups is 4. The minimum Gasteiger partial charge on any atom is -0.480 e. The van der Waals surface area contributed by atoms with Crippen molar-refractivity contribution in [3.8, 4) is 0 Å². The van der Waals surface area contributed by atoms with Gasteiger partial charge in [0.15, 0.2) is 0 Å². The maximum atomic E-state index is 13.0. The maximum Gasteiger partial charge on any atom is 0.328 e. The first-order valence-corrected chi connectivity index (χ1v) is 13.5. The summed E-state index contributed by atoms with van der Waals surface area (Å²) >= 11 is 12.6. The van der Waals surface area contributed by atoms with E-state index in [1.54, 1.807) is 0 Å². The van der Waals surface area contributed by atoms with Gasteiger partial charge in [-0.15, -0.1) is 0 Å². The quantitative estimate of drug-likeness (QED) is 0.235. The van der Waals surface area contributed by atoms with Gasteiger partial charge in [-0.05, 0) is 48.1 Å². The third-order valence-corrected chi connectivity index (χ3v) is 7.29. The van der Waals surface area contributed by atoms with Crippen molar-refractivity contribution < 1.29 is 24.3 Å². The van der Waals surface area contributed by atoms with Crippen LogP contribution >= 0.6 is 23.2 Å². The van der Waals surface area contributed by atoms with E-state index < -0.39 is 23.9 Å². The second kappa shape index (κ2) is 13.3. The lowest BCUT2D eigenvalue weighted by molar-refractivity contribution is -0.139. The molecule has 4 amide bonds. The van der Waals surface area contributed by atoms with Crippen LogP contribution in [0.4, 0.5) is 10.5 Å². The van der Waals surface area contributed by atoms with E-state index in [-0.39, 0.29) is 46.2 Å². The number of carboxylic acid groups (broad SMARTS) is 1. The number of hydrogen-bond donors (Lipinski definition) is 5. The molecular formula is C29H28Cl2N4O5. The van der Waals surface area contributed by atoms with Crippen LogP contribution in [0, 0.1) is 0 Å². The summed E-state index contributed by atoms with van der Waals surface area (Å²) in [6.45, 7) is -0.383. The molecular weight excluding hydrogens is 555 g/mol. The molecule has 0 heterocycles. The number of aliphatic carboxylic acids is 1. The summed E-state index contributed by atoms with van der Waals surface area (Å²) in [5.41, 5.74) is 3.15. The Morgan fingerprint density at radius 2 is 1.68 bits per heavy atom. The van der Waals surface area contributed by atoms with Crippen LogP contribution in [-0.2, 0) is 22.4 Å². The molecule has 40 heavy (non-hydrogen) atoms. The van der Waals surface area contributed by atoms with Crippen LogP contribution < -0.4 is 21.3 Å². The molecule has 0 aromatic heterocycles. The van der Waals surface area contributed by atoms with Gasteiger partial charge < -0.3 is 26.4 Å². The molecule has 5 N–H and O–H groups in total. The lowest BCUT2D eigenvalue weighted by Gasteiger charge is -2.19. The van der Waals surface area contributed by atoms with E-state index in [2.05, 4.69) is 21.3 Å². The molecule has 3 aromatic carbocycles. The Bertz CT molecular complexity index is 1420. The fraction of sp³-hybridized carbons (Fsp3) is 0.241. The Balaban J connectivity index is 1.35. The second-order valence-corrected chi connectivity index (χ2v) is 10.1. The molecule has 11 heteroatoms. The van der Waals surface area contributed by atoms with Crippen LogP contribution in [0.5, 0.6) is 0 Å². The average Bonchev–Trinajstić information content (AvgIpc) is 3.34. The third kappa shape index (κ3) is 7.31. The number of rotatable bonds is 10. The highest BCUT2D eigenvalue weighted by Crippen LogP contribution is 2.32. The fourth-order valence-electron chi connectivity index (χ4n) is 4.51. The molecule has 1 aliphatic carbocycles. The van der Waals surface area contributed by atoms with E-state index in [0.717, 1.165) is 29.5 Å². The van der Waals surface area contributed by atoms with E-state index in [9.17, 15) is 24.3 Å². The summed E-state index contributed by atoms with van der Waals surface area (Å²) in [6, 6.07) is 17.9. The summed E-state index contributed by atoms with van der Waals surface area (Å²) < 4.78 is 0. The summed E-state index contributed by atoms with van der Waals surface area (Å²) in [5.74, 6) is -2.55. The SMILES string of the molecule is O=C(CCc1ccccc1)Nc1ccc(Cl)c(C(=O)NC(CNC(=O)N[C@@H]2CCc3ccccc32)C(=O)O)c1Cl. The van der Waals surface area contributed by atoms with E-state index >= 15 is 0 Å². The van der Waals surface area contributed by atoms with Crippen LogP contribution in [0.15, 0.2) is 66.7 Å². The predicted molar refractivity (Wildman–Crippen MR) is 153 cm³/mol. The second-order valence-electron chi connectivity index (χ2n) is 9.33. The molecule has 0 spiro atoms. The van der Waals surface area contributed by atoms with Crippen molar-refractivity contribution in [2.24, 2.45) is 0 Å². The molecule has 0 bridgehead atoms. The number of aryl methyl sites for hydroxylation is 2. The van der Waals surface area contributed by atoms with E-state index in [4.69, 9.17) is 23.2 Å². The number of hydrogen-bond acceptors (Lipinski definition) is 4. The Morgan fingerprint density at radius 1 is 0.950 bits per heavy atom. The van der Waals surface area contributed by atoms with Gasteiger partial charge in [-0.25, -0.2) is 9.59 Å². The lowest BCUT2D eigenvalue weighted by atomic mass is 10.1. The Morgan fingerprint density at radius 3 is 2.42 bits per heavy atom.